The van der Waals surface area contributed by atoms with E-state index in [9.17, 15) is 10.1 Å². The van der Waals surface area contributed by atoms with Gasteiger partial charge in [-0.3, -0.25) is 4.79 Å². The van der Waals surface area contributed by atoms with E-state index in [-0.39, 0.29) is 12.2 Å². The highest BCUT2D eigenvalue weighted by Gasteiger charge is 2.15. The minimum Gasteiger partial charge on any atom is -0.490 e. The molecule has 0 spiro atoms. The van der Waals surface area contributed by atoms with Crippen molar-refractivity contribution in [3.05, 3.63) is 89.9 Å². The first-order chi connectivity index (χ1) is 16.3. The van der Waals surface area contributed by atoms with Gasteiger partial charge in [-0.15, -0.1) is 0 Å². The molecule has 0 atom stereocenters. The number of amides is 1. The van der Waals surface area contributed by atoms with Crippen LogP contribution in [0.1, 0.15) is 18.1 Å². The summed E-state index contributed by atoms with van der Waals surface area (Å²) in [5.74, 6) is 0.470. The van der Waals surface area contributed by atoms with Crippen LogP contribution in [0, 0.1) is 14.9 Å². The Bertz CT molecular complexity index is 1290. The van der Waals surface area contributed by atoms with Crippen molar-refractivity contribution in [3.63, 3.8) is 0 Å². The third kappa shape index (κ3) is 6.80. The van der Waals surface area contributed by atoms with Gasteiger partial charge in [-0.1, -0.05) is 53.0 Å². The van der Waals surface area contributed by atoms with E-state index in [0.29, 0.717) is 44.4 Å². The number of hydrogen-bond donors (Lipinski definition) is 1. The lowest BCUT2D eigenvalue weighted by Gasteiger charge is -2.15. The fourth-order valence-corrected chi connectivity index (χ4v) is 4.21. The van der Waals surface area contributed by atoms with E-state index in [2.05, 4.69) is 27.9 Å². The number of nitriles is 1. The molecule has 0 saturated heterocycles. The molecule has 0 unspecified atom stereocenters. The molecule has 1 amide bonds. The fraction of sp³-hybridized carbons (Fsp3) is 0.120. The van der Waals surface area contributed by atoms with E-state index in [1.54, 1.807) is 48.5 Å². The van der Waals surface area contributed by atoms with Gasteiger partial charge in [0.25, 0.3) is 5.91 Å². The SMILES string of the molecule is CCOc1cc(/C=C(\C#N)C(=O)Nc2ccccc2Cl)cc(I)c1OCc1ccc(Cl)c(Cl)c1. The van der Waals surface area contributed by atoms with Gasteiger partial charge in [-0.05, 0) is 83.1 Å². The van der Waals surface area contributed by atoms with Gasteiger partial charge in [0.1, 0.15) is 18.2 Å². The quantitative estimate of drug-likeness (QED) is 0.157. The highest BCUT2D eigenvalue weighted by atomic mass is 127. The van der Waals surface area contributed by atoms with Crippen LogP contribution in [0.5, 0.6) is 11.5 Å². The van der Waals surface area contributed by atoms with E-state index in [4.69, 9.17) is 44.3 Å². The third-order valence-electron chi connectivity index (χ3n) is 4.50. The van der Waals surface area contributed by atoms with Crippen molar-refractivity contribution in [2.75, 3.05) is 11.9 Å². The van der Waals surface area contributed by atoms with Gasteiger partial charge in [0.05, 0.1) is 30.9 Å². The number of nitrogens with zero attached hydrogens (tertiary/aromatic N) is 1. The largest absolute Gasteiger partial charge is 0.490 e. The standard InChI is InChI=1S/C25H18Cl3IN2O3/c1-2-33-23-12-16(9-17(13-30)25(32)31-22-6-4-3-5-19(22)27)11-21(29)24(23)34-14-15-7-8-18(26)20(28)10-15/h3-12H,2,14H2,1H3,(H,31,32)/b17-9+. The number of carbonyl (C=O) groups excluding carboxylic acids is 1. The minimum atomic E-state index is -0.566. The van der Waals surface area contributed by atoms with E-state index in [1.165, 1.54) is 6.08 Å². The van der Waals surface area contributed by atoms with Crippen molar-refractivity contribution < 1.29 is 14.3 Å². The average molecular weight is 628 g/mol. The van der Waals surface area contributed by atoms with Crippen LogP contribution in [0.15, 0.2) is 60.2 Å². The number of carbonyl (C=O) groups is 1. The number of para-hydroxylation sites is 1. The maximum Gasteiger partial charge on any atom is 0.266 e. The van der Waals surface area contributed by atoms with Crippen LogP contribution in [0.2, 0.25) is 15.1 Å². The zero-order valence-corrected chi connectivity index (χ0v) is 22.3. The molecule has 174 valence electrons. The molecule has 0 saturated carbocycles. The molecule has 0 aliphatic heterocycles. The smallest absolute Gasteiger partial charge is 0.266 e. The molecule has 1 N–H and O–H groups in total. The molecule has 9 heteroatoms. The second kappa shape index (κ2) is 12.3. The summed E-state index contributed by atoms with van der Waals surface area (Å²) in [6.07, 6.45) is 1.49. The molecule has 0 bridgehead atoms. The number of ether oxygens (including phenoxy) is 2. The lowest BCUT2D eigenvalue weighted by Crippen LogP contribution is -2.13. The first kappa shape index (κ1) is 26.2. The summed E-state index contributed by atoms with van der Waals surface area (Å²) >= 11 is 20.3. The van der Waals surface area contributed by atoms with Crippen molar-refractivity contribution >= 4 is 75.1 Å². The van der Waals surface area contributed by atoms with E-state index in [0.717, 1.165) is 9.13 Å². The predicted octanol–water partition coefficient (Wildman–Crippen LogP) is 7.77. The Balaban J connectivity index is 1.86. The van der Waals surface area contributed by atoms with Crippen LogP contribution in [-0.4, -0.2) is 12.5 Å². The van der Waals surface area contributed by atoms with E-state index < -0.39 is 5.91 Å². The summed E-state index contributed by atoms with van der Waals surface area (Å²) in [5, 5.41) is 13.5. The summed E-state index contributed by atoms with van der Waals surface area (Å²) in [5.41, 5.74) is 1.80. The van der Waals surface area contributed by atoms with Crippen LogP contribution >= 0.6 is 57.4 Å². The summed E-state index contributed by atoms with van der Waals surface area (Å²) in [4.78, 5) is 12.6. The predicted molar refractivity (Wildman–Crippen MR) is 145 cm³/mol. The van der Waals surface area contributed by atoms with Crippen molar-refractivity contribution in [1.82, 2.24) is 0 Å². The van der Waals surface area contributed by atoms with Gasteiger partial charge >= 0.3 is 0 Å². The number of benzene rings is 3. The van der Waals surface area contributed by atoms with Gasteiger partial charge in [0.2, 0.25) is 0 Å². The highest BCUT2D eigenvalue weighted by molar-refractivity contribution is 14.1. The van der Waals surface area contributed by atoms with Crippen LogP contribution in [-0.2, 0) is 11.4 Å². The third-order valence-corrected chi connectivity index (χ3v) is 6.37. The minimum absolute atomic E-state index is 0.0809. The van der Waals surface area contributed by atoms with E-state index >= 15 is 0 Å². The molecule has 0 fully saturated rings. The molecule has 0 radical (unpaired) electrons. The normalized spacial score (nSPS) is 11.0. The van der Waals surface area contributed by atoms with Crippen molar-refractivity contribution in [1.29, 1.82) is 5.26 Å². The number of hydrogen-bond acceptors (Lipinski definition) is 4. The Labute approximate surface area is 226 Å². The molecule has 34 heavy (non-hydrogen) atoms. The maximum atomic E-state index is 12.6. The zero-order chi connectivity index (χ0) is 24.7. The molecule has 5 nitrogen and oxygen atoms in total. The molecule has 3 aromatic rings. The molecule has 0 aliphatic carbocycles. The summed E-state index contributed by atoms with van der Waals surface area (Å²) in [7, 11) is 0. The number of nitrogens with one attached hydrogen (secondary N) is 1. The van der Waals surface area contributed by atoms with Crippen LogP contribution in [0.25, 0.3) is 6.08 Å². The Morgan fingerprint density at radius 1 is 1.06 bits per heavy atom. The van der Waals surface area contributed by atoms with Gasteiger partial charge < -0.3 is 14.8 Å². The van der Waals surface area contributed by atoms with E-state index in [1.807, 2.05) is 19.1 Å². The molecule has 3 aromatic carbocycles. The number of rotatable bonds is 8. The van der Waals surface area contributed by atoms with Gasteiger partial charge in [-0.2, -0.15) is 5.26 Å². The van der Waals surface area contributed by atoms with Crippen molar-refractivity contribution in [2.24, 2.45) is 0 Å². The molecule has 0 heterocycles. The molecular weight excluding hydrogens is 610 g/mol. The molecule has 0 aliphatic rings. The lowest BCUT2D eigenvalue weighted by molar-refractivity contribution is -0.112. The summed E-state index contributed by atoms with van der Waals surface area (Å²) in [6, 6.07) is 17.5. The van der Waals surface area contributed by atoms with Crippen molar-refractivity contribution in [3.8, 4) is 17.6 Å². The summed E-state index contributed by atoms with van der Waals surface area (Å²) < 4.78 is 12.5. The second-order valence-corrected chi connectivity index (χ2v) is 9.29. The number of anilines is 1. The first-order valence-corrected chi connectivity index (χ1v) is 12.2. The zero-order valence-electron chi connectivity index (χ0n) is 17.9. The van der Waals surface area contributed by atoms with Gasteiger partial charge in [0, 0.05) is 0 Å². The highest BCUT2D eigenvalue weighted by Crippen LogP contribution is 2.36. The van der Waals surface area contributed by atoms with Crippen LogP contribution in [0.4, 0.5) is 5.69 Å². The summed E-state index contributed by atoms with van der Waals surface area (Å²) in [6.45, 7) is 2.52. The number of halogens is 4. The van der Waals surface area contributed by atoms with Crippen LogP contribution in [0.3, 0.4) is 0 Å². The average Bonchev–Trinajstić information content (AvgIpc) is 2.80. The Morgan fingerprint density at radius 2 is 1.82 bits per heavy atom. The first-order valence-electron chi connectivity index (χ1n) is 10.0. The topological polar surface area (TPSA) is 71.3 Å². The second-order valence-electron chi connectivity index (χ2n) is 6.90. The van der Waals surface area contributed by atoms with Gasteiger partial charge in [0.15, 0.2) is 11.5 Å². The Hall–Kier alpha value is -2.44. The monoisotopic (exact) mass is 626 g/mol. The fourth-order valence-electron chi connectivity index (χ4n) is 2.93. The molecular formula is C25H18Cl3IN2O3. The maximum absolute atomic E-state index is 12.6. The van der Waals surface area contributed by atoms with Gasteiger partial charge in [-0.25, -0.2) is 0 Å². The Kier molecular flexibility index (Phi) is 9.48. The van der Waals surface area contributed by atoms with Crippen molar-refractivity contribution in [2.45, 2.75) is 13.5 Å². The van der Waals surface area contributed by atoms with Crippen LogP contribution < -0.4 is 14.8 Å². The molecule has 0 aromatic heterocycles. The Morgan fingerprint density at radius 3 is 2.50 bits per heavy atom. The molecule has 3 rings (SSSR count). The lowest BCUT2D eigenvalue weighted by atomic mass is 10.1.